The van der Waals surface area contributed by atoms with Crippen molar-refractivity contribution >= 4 is 17.9 Å². The van der Waals surface area contributed by atoms with Crippen molar-refractivity contribution in [3.63, 3.8) is 0 Å². The predicted molar refractivity (Wildman–Crippen MR) is 306 cm³/mol. The van der Waals surface area contributed by atoms with Crippen molar-refractivity contribution in [1.29, 1.82) is 0 Å². The second kappa shape index (κ2) is 58.4. The van der Waals surface area contributed by atoms with Crippen molar-refractivity contribution < 1.29 is 28.6 Å². The molecule has 6 nitrogen and oxygen atoms in total. The van der Waals surface area contributed by atoms with E-state index in [2.05, 4.69) is 81.5 Å². The first-order chi connectivity index (χ1) is 35.0. The number of allylic oxidation sites excluding steroid dienone is 20. The summed E-state index contributed by atoms with van der Waals surface area (Å²) in [6, 6.07) is 0. The van der Waals surface area contributed by atoms with Gasteiger partial charge in [-0.15, -0.1) is 0 Å². The number of rotatable bonds is 51. The number of carbonyl (C=O) groups excluding carboxylic acids is 3. The summed E-state index contributed by atoms with van der Waals surface area (Å²) in [5.41, 5.74) is 0. The predicted octanol–water partition coefficient (Wildman–Crippen LogP) is 19.6. The van der Waals surface area contributed by atoms with Gasteiger partial charge >= 0.3 is 17.9 Å². The number of ether oxygens (including phenoxy) is 3. The second-order valence-electron chi connectivity index (χ2n) is 19.0. The summed E-state index contributed by atoms with van der Waals surface area (Å²) in [5.74, 6) is -0.980. The molecule has 0 fully saturated rings. The number of unbranched alkanes of at least 4 members (excludes halogenated alkanes) is 27. The Hall–Kier alpha value is -4.19. The minimum absolute atomic E-state index is 0.109. The quantitative estimate of drug-likeness (QED) is 0.0199. The van der Waals surface area contributed by atoms with Crippen LogP contribution in [0.2, 0.25) is 0 Å². The molecule has 0 radical (unpaired) electrons. The Balaban J connectivity index is 4.54. The van der Waals surface area contributed by atoms with E-state index < -0.39 is 6.10 Å². The lowest BCUT2D eigenvalue weighted by atomic mass is 10.1. The summed E-state index contributed by atoms with van der Waals surface area (Å²) >= 11 is 0. The molecule has 0 spiro atoms. The Morgan fingerprint density at radius 1 is 0.296 bits per heavy atom. The van der Waals surface area contributed by atoms with Crippen LogP contribution in [0.4, 0.5) is 0 Å². The van der Waals surface area contributed by atoms with Crippen LogP contribution >= 0.6 is 0 Å². The fourth-order valence-electron chi connectivity index (χ4n) is 7.76. The molecule has 1 unspecified atom stereocenters. The summed E-state index contributed by atoms with van der Waals surface area (Å²) < 4.78 is 16.8. The Labute approximate surface area is 437 Å². The molecule has 0 aliphatic carbocycles. The third-order valence-electron chi connectivity index (χ3n) is 12.1. The van der Waals surface area contributed by atoms with Crippen LogP contribution in [0, 0.1) is 0 Å². The minimum atomic E-state index is -0.814. The zero-order valence-electron chi connectivity index (χ0n) is 45.9. The van der Waals surface area contributed by atoms with Crippen LogP contribution in [0.25, 0.3) is 0 Å². The molecular weight excluding hydrogens is 877 g/mol. The Kier molecular flexibility index (Phi) is 54.9. The van der Waals surface area contributed by atoms with Gasteiger partial charge < -0.3 is 14.2 Å². The van der Waals surface area contributed by atoms with Gasteiger partial charge in [-0.3, -0.25) is 14.4 Å². The number of hydrogen-bond acceptors (Lipinski definition) is 6. The summed E-state index contributed by atoms with van der Waals surface area (Å²) in [7, 11) is 0. The van der Waals surface area contributed by atoms with Crippen molar-refractivity contribution in [1.82, 2.24) is 0 Å². The van der Waals surface area contributed by atoms with Crippen molar-refractivity contribution in [2.45, 2.75) is 258 Å². The summed E-state index contributed by atoms with van der Waals surface area (Å²) in [4.78, 5) is 38.2. The van der Waals surface area contributed by atoms with Crippen LogP contribution in [-0.2, 0) is 28.6 Å². The van der Waals surface area contributed by atoms with Crippen LogP contribution in [0.1, 0.15) is 252 Å². The van der Waals surface area contributed by atoms with E-state index in [-0.39, 0.29) is 31.1 Å². The lowest BCUT2D eigenvalue weighted by molar-refractivity contribution is -0.167. The van der Waals surface area contributed by atoms with Crippen molar-refractivity contribution in [3.8, 4) is 0 Å². The van der Waals surface area contributed by atoms with E-state index in [4.69, 9.17) is 14.2 Å². The molecular formula is C65H106O6. The molecule has 71 heavy (non-hydrogen) atoms. The third-order valence-corrected chi connectivity index (χ3v) is 12.1. The maximum absolute atomic E-state index is 12.9. The molecule has 1 atom stereocenters. The largest absolute Gasteiger partial charge is 0.462 e. The van der Waals surface area contributed by atoms with Crippen LogP contribution < -0.4 is 0 Å². The highest BCUT2D eigenvalue weighted by atomic mass is 16.6. The van der Waals surface area contributed by atoms with Gasteiger partial charge in [-0.05, 0) is 89.9 Å². The highest BCUT2D eigenvalue weighted by molar-refractivity contribution is 5.71. The summed E-state index contributed by atoms with van der Waals surface area (Å²) in [6.07, 6.45) is 80.4. The summed E-state index contributed by atoms with van der Waals surface area (Å²) in [5, 5.41) is 0. The van der Waals surface area contributed by atoms with Crippen LogP contribution in [0.5, 0.6) is 0 Å². The maximum Gasteiger partial charge on any atom is 0.306 e. The standard InChI is InChI=1S/C65H106O6/c1-4-7-10-13-16-19-22-25-28-31-34-37-40-43-46-49-52-55-58-64(67)70-61-62(60-69-63(66)57-54-51-48-45-42-39-36-33-30-27-24-21-18-15-12-9-6-3)71-65(68)59-56-53-50-47-44-41-38-35-32-29-26-23-20-17-14-11-8-5-2/h9,12,15,18,21-22,24-25,27-28,30-31,33-39,42,62H,4-8,10-11,13-14,16-17,19-20,23,26,29,32,40-41,43-61H2,1-3H3/b12-9-,18-15-,24-21-,25-22-,30-27-,31-28-,36-33+,37-34-,38-35-,42-39-. The minimum Gasteiger partial charge on any atom is -0.462 e. The smallest absolute Gasteiger partial charge is 0.306 e. The van der Waals surface area contributed by atoms with Gasteiger partial charge in [0.25, 0.3) is 0 Å². The molecule has 0 aliphatic rings. The molecule has 0 saturated heterocycles. The number of esters is 3. The van der Waals surface area contributed by atoms with Crippen LogP contribution in [0.3, 0.4) is 0 Å². The lowest BCUT2D eigenvalue weighted by Gasteiger charge is -2.18. The normalized spacial score (nSPS) is 13.0. The van der Waals surface area contributed by atoms with Gasteiger partial charge in [0, 0.05) is 19.3 Å². The van der Waals surface area contributed by atoms with Crippen LogP contribution in [0.15, 0.2) is 122 Å². The molecule has 0 bridgehead atoms. The average Bonchev–Trinajstić information content (AvgIpc) is 3.37. The Morgan fingerprint density at radius 2 is 0.563 bits per heavy atom. The molecule has 0 amide bonds. The van der Waals surface area contributed by atoms with Gasteiger partial charge in [0.15, 0.2) is 6.10 Å². The summed E-state index contributed by atoms with van der Waals surface area (Å²) in [6.45, 7) is 6.42. The van der Waals surface area contributed by atoms with Gasteiger partial charge in [-0.1, -0.05) is 264 Å². The molecule has 0 rings (SSSR count). The fraction of sp³-hybridized carbons (Fsp3) is 0.646. The van der Waals surface area contributed by atoms with Gasteiger partial charge in [-0.25, -0.2) is 0 Å². The first-order valence-electron chi connectivity index (χ1n) is 29.2. The molecule has 0 aromatic carbocycles. The first-order valence-corrected chi connectivity index (χ1v) is 29.2. The molecule has 0 aromatic heterocycles. The number of hydrogen-bond donors (Lipinski definition) is 0. The monoisotopic (exact) mass is 983 g/mol. The zero-order valence-corrected chi connectivity index (χ0v) is 45.9. The van der Waals surface area contributed by atoms with Gasteiger partial charge in [0.1, 0.15) is 13.2 Å². The van der Waals surface area contributed by atoms with E-state index in [1.165, 1.54) is 103 Å². The molecule has 0 aromatic rings. The topological polar surface area (TPSA) is 78.9 Å². The molecule has 0 heterocycles. The Bertz CT molecular complexity index is 1500. The zero-order chi connectivity index (χ0) is 51.4. The van der Waals surface area contributed by atoms with Crippen molar-refractivity contribution in [3.05, 3.63) is 122 Å². The van der Waals surface area contributed by atoms with E-state index in [1.54, 1.807) is 0 Å². The van der Waals surface area contributed by atoms with E-state index in [0.29, 0.717) is 19.3 Å². The molecule has 6 heteroatoms. The fourth-order valence-corrected chi connectivity index (χ4v) is 7.76. The van der Waals surface area contributed by atoms with Crippen LogP contribution in [-0.4, -0.2) is 37.2 Å². The van der Waals surface area contributed by atoms with E-state index in [0.717, 1.165) is 109 Å². The van der Waals surface area contributed by atoms with E-state index >= 15 is 0 Å². The van der Waals surface area contributed by atoms with Gasteiger partial charge in [0.2, 0.25) is 0 Å². The first kappa shape index (κ1) is 66.8. The highest BCUT2D eigenvalue weighted by Crippen LogP contribution is 2.14. The molecule has 0 aliphatic heterocycles. The SMILES string of the molecule is CC\C=C/C=C\C=C/C=C\C=C\C=C/CCCCCC(=O)OCC(COC(=O)CCCCCCC\C=C/C=C\C=C/CCCCCCC)OC(=O)CCCCCCC/C=C\CCCCCCCCCCC. The lowest BCUT2D eigenvalue weighted by Crippen LogP contribution is -2.30. The molecule has 402 valence electrons. The van der Waals surface area contributed by atoms with E-state index in [9.17, 15) is 14.4 Å². The molecule has 0 N–H and O–H groups in total. The van der Waals surface area contributed by atoms with Crippen molar-refractivity contribution in [2.24, 2.45) is 0 Å². The second-order valence-corrected chi connectivity index (χ2v) is 19.0. The molecule has 0 saturated carbocycles. The highest BCUT2D eigenvalue weighted by Gasteiger charge is 2.19. The van der Waals surface area contributed by atoms with Crippen molar-refractivity contribution in [2.75, 3.05) is 13.2 Å². The number of carbonyl (C=O) groups is 3. The third kappa shape index (κ3) is 56.6. The van der Waals surface area contributed by atoms with E-state index in [1.807, 2.05) is 60.8 Å². The maximum atomic E-state index is 12.9. The average molecular weight is 984 g/mol. The van der Waals surface area contributed by atoms with Gasteiger partial charge in [0.05, 0.1) is 0 Å². The van der Waals surface area contributed by atoms with Gasteiger partial charge in [-0.2, -0.15) is 0 Å². The Morgan fingerprint density at radius 3 is 0.915 bits per heavy atom.